The van der Waals surface area contributed by atoms with Crippen molar-refractivity contribution in [3.8, 4) is 0 Å². The molecule has 0 radical (unpaired) electrons. The van der Waals surface area contributed by atoms with E-state index in [9.17, 15) is 4.79 Å². The molecule has 1 N–H and O–H groups in total. The lowest BCUT2D eigenvalue weighted by Crippen LogP contribution is -2.41. The third-order valence-electron chi connectivity index (χ3n) is 3.96. The standard InChI is InChI=1S/C14H20N2O2S/c1-9(2)12-14(17)16(11-3-5-18-7-11)13(15-12)10-4-6-19-8-10/h4,6,8-9,11-13,15H,3,5,7H2,1-2H3. The number of amides is 1. The van der Waals surface area contributed by atoms with Crippen LogP contribution in [0.25, 0.3) is 0 Å². The molecule has 0 bridgehead atoms. The van der Waals surface area contributed by atoms with Gasteiger partial charge in [0.15, 0.2) is 0 Å². The summed E-state index contributed by atoms with van der Waals surface area (Å²) in [5.74, 6) is 0.530. The summed E-state index contributed by atoms with van der Waals surface area (Å²) >= 11 is 1.67. The predicted molar refractivity (Wildman–Crippen MR) is 74.9 cm³/mol. The number of carbonyl (C=O) groups is 1. The van der Waals surface area contributed by atoms with Gasteiger partial charge in [0.05, 0.1) is 18.7 Å². The number of carbonyl (C=O) groups excluding carboxylic acids is 1. The zero-order chi connectivity index (χ0) is 13.4. The summed E-state index contributed by atoms with van der Waals surface area (Å²) in [6.45, 7) is 5.61. The van der Waals surface area contributed by atoms with E-state index in [4.69, 9.17) is 4.74 Å². The molecule has 2 aliphatic rings. The Hall–Kier alpha value is -0.910. The molecule has 2 saturated heterocycles. The van der Waals surface area contributed by atoms with Gasteiger partial charge in [-0.05, 0) is 34.7 Å². The van der Waals surface area contributed by atoms with E-state index in [1.807, 2.05) is 4.90 Å². The van der Waals surface area contributed by atoms with Crippen molar-refractivity contribution in [2.75, 3.05) is 13.2 Å². The maximum absolute atomic E-state index is 12.7. The van der Waals surface area contributed by atoms with Crippen LogP contribution in [0.1, 0.15) is 32.0 Å². The van der Waals surface area contributed by atoms with Gasteiger partial charge < -0.3 is 9.64 Å². The molecule has 3 heterocycles. The molecule has 3 rings (SSSR count). The molecule has 0 spiro atoms. The van der Waals surface area contributed by atoms with Gasteiger partial charge in [-0.3, -0.25) is 10.1 Å². The minimum absolute atomic E-state index is 0.0119. The Bertz CT molecular complexity index is 440. The van der Waals surface area contributed by atoms with Gasteiger partial charge in [0.2, 0.25) is 5.91 Å². The molecule has 1 amide bonds. The highest BCUT2D eigenvalue weighted by atomic mass is 32.1. The van der Waals surface area contributed by atoms with E-state index >= 15 is 0 Å². The Balaban J connectivity index is 1.89. The zero-order valence-corrected chi connectivity index (χ0v) is 12.2. The van der Waals surface area contributed by atoms with Crippen LogP contribution in [0, 0.1) is 5.92 Å². The van der Waals surface area contributed by atoms with E-state index in [0.717, 1.165) is 13.0 Å². The first-order valence-corrected chi connectivity index (χ1v) is 7.81. The topological polar surface area (TPSA) is 41.6 Å². The van der Waals surface area contributed by atoms with Crippen molar-refractivity contribution in [3.05, 3.63) is 22.4 Å². The molecule has 0 aliphatic carbocycles. The third kappa shape index (κ3) is 2.30. The normalized spacial score (nSPS) is 31.6. The van der Waals surface area contributed by atoms with Crippen LogP contribution >= 0.6 is 11.3 Å². The number of nitrogens with zero attached hydrogens (tertiary/aromatic N) is 1. The van der Waals surface area contributed by atoms with Crippen LogP contribution < -0.4 is 5.32 Å². The van der Waals surface area contributed by atoms with Crippen molar-refractivity contribution in [1.29, 1.82) is 0 Å². The molecule has 1 aromatic heterocycles. The highest BCUT2D eigenvalue weighted by Gasteiger charge is 2.45. The molecule has 104 valence electrons. The Kier molecular flexibility index (Phi) is 3.60. The lowest BCUT2D eigenvalue weighted by molar-refractivity contribution is -0.133. The van der Waals surface area contributed by atoms with E-state index < -0.39 is 0 Å². The van der Waals surface area contributed by atoms with Gasteiger partial charge in [-0.2, -0.15) is 11.3 Å². The predicted octanol–water partition coefficient (Wildman–Crippen LogP) is 1.99. The Morgan fingerprint density at radius 3 is 2.95 bits per heavy atom. The summed E-state index contributed by atoms with van der Waals surface area (Å²) < 4.78 is 5.46. The van der Waals surface area contributed by atoms with E-state index in [1.54, 1.807) is 11.3 Å². The van der Waals surface area contributed by atoms with Gasteiger partial charge in [-0.15, -0.1) is 0 Å². The minimum atomic E-state index is -0.0782. The average molecular weight is 280 g/mol. The van der Waals surface area contributed by atoms with Crippen LogP contribution in [0.4, 0.5) is 0 Å². The van der Waals surface area contributed by atoms with E-state index in [-0.39, 0.29) is 24.2 Å². The SMILES string of the molecule is CC(C)C1NC(c2ccsc2)N(C2CCOC2)C1=O. The third-order valence-corrected chi connectivity index (χ3v) is 4.66. The monoisotopic (exact) mass is 280 g/mol. The largest absolute Gasteiger partial charge is 0.379 e. The number of rotatable bonds is 3. The second kappa shape index (κ2) is 5.23. The van der Waals surface area contributed by atoms with E-state index in [2.05, 4.69) is 36.0 Å². The smallest absolute Gasteiger partial charge is 0.241 e. The molecule has 2 fully saturated rings. The maximum atomic E-state index is 12.7. The Morgan fingerprint density at radius 2 is 2.37 bits per heavy atom. The van der Waals surface area contributed by atoms with Crippen LogP contribution in [0.15, 0.2) is 16.8 Å². The molecule has 3 unspecified atom stereocenters. The summed E-state index contributed by atoms with van der Waals surface area (Å²) in [6.07, 6.45) is 0.955. The van der Waals surface area contributed by atoms with Crippen LogP contribution in [0.2, 0.25) is 0 Å². The first kappa shape index (κ1) is 13.1. The molecule has 19 heavy (non-hydrogen) atoms. The fourth-order valence-corrected chi connectivity index (χ4v) is 3.59. The second-order valence-corrected chi connectivity index (χ2v) is 6.39. The number of hydrogen-bond donors (Lipinski definition) is 1. The molecule has 5 heteroatoms. The van der Waals surface area contributed by atoms with Crippen molar-refractivity contribution in [2.45, 2.75) is 38.5 Å². The summed E-state index contributed by atoms with van der Waals surface area (Å²) in [5.41, 5.74) is 1.19. The Morgan fingerprint density at radius 1 is 1.53 bits per heavy atom. The first-order valence-electron chi connectivity index (χ1n) is 6.86. The van der Waals surface area contributed by atoms with Gasteiger partial charge in [0.1, 0.15) is 6.17 Å². The van der Waals surface area contributed by atoms with Crippen molar-refractivity contribution in [1.82, 2.24) is 10.2 Å². The fourth-order valence-electron chi connectivity index (χ4n) is 2.91. The van der Waals surface area contributed by atoms with Crippen molar-refractivity contribution in [2.24, 2.45) is 5.92 Å². The summed E-state index contributed by atoms with van der Waals surface area (Å²) in [5, 5.41) is 7.68. The van der Waals surface area contributed by atoms with E-state index in [1.165, 1.54) is 5.56 Å². The van der Waals surface area contributed by atoms with Crippen molar-refractivity contribution < 1.29 is 9.53 Å². The van der Waals surface area contributed by atoms with Gasteiger partial charge in [0.25, 0.3) is 0 Å². The summed E-state index contributed by atoms with van der Waals surface area (Å²) in [4.78, 5) is 14.7. The lowest BCUT2D eigenvalue weighted by Gasteiger charge is -2.28. The molecular weight excluding hydrogens is 260 g/mol. The highest BCUT2D eigenvalue weighted by molar-refractivity contribution is 7.07. The summed E-state index contributed by atoms with van der Waals surface area (Å²) in [7, 11) is 0. The highest BCUT2D eigenvalue weighted by Crippen LogP contribution is 2.33. The molecular formula is C14H20N2O2S. The quantitative estimate of drug-likeness (QED) is 0.920. The van der Waals surface area contributed by atoms with Crippen LogP contribution in [0.3, 0.4) is 0 Å². The van der Waals surface area contributed by atoms with E-state index in [0.29, 0.717) is 12.5 Å². The van der Waals surface area contributed by atoms with Crippen molar-refractivity contribution in [3.63, 3.8) is 0 Å². The fraction of sp³-hybridized carbons (Fsp3) is 0.643. The van der Waals surface area contributed by atoms with Gasteiger partial charge in [0, 0.05) is 6.61 Å². The zero-order valence-electron chi connectivity index (χ0n) is 11.3. The molecule has 1 aromatic rings. The molecule has 3 atom stereocenters. The summed E-state index contributed by atoms with van der Waals surface area (Å²) in [6, 6.07) is 2.24. The molecule has 0 aromatic carbocycles. The number of nitrogens with one attached hydrogen (secondary N) is 1. The molecule has 4 nitrogen and oxygen atoms in total. The molecule has 0 saturated carbocycles. The average Bonchev–Trinajstić information content (AvgIpc) is 3.07. The van der Waals surface area contributed by atoms with Crippen LogP contribution in [-0.2, 0) is 9.53 Å². The van der Waals surface area contributed by atoms with Gasteiger partial charge >= 0.3 is 0 Å². The Labute approximate surface area is 117 Å². The number of thiophene rings is 1. The second-order valence-electron chi connectivity index (χ2n) is 5.61. The van der Waals surface area contributed by atoms with Crippen LogP contribution in [0.5, 0.6) is 0 Å². The number of ether oxygens (including phenoxy) is 1. The van der Waals surface area contributed by atoms with Gasteiger partial charge in [-0.25, -0.2) is 0 Å². The lowest BCUT2D eigenvalue weighted by atomic mass is 10.0. The minimum Gasteiger partial charge on any atom is -0.379 e. The molecule has 2 aliphatic heterocycles. The van der Waals surface area contributed by atoms with Crippen LogP contribution in [-0.4, -0.2) is 36.1 Å². The maximum Gasteiger partial charge on any atom is 0.241 e. The van der Waals surface area contributed by atoms with Gasteiger partial charge in [-0.1, -0.05) is 13.8 Å². The van der Waals surface area contributed by atoms with Crippen molar-refractivity contribution >= 4 is 17.2 Å². The first-order chi connectivity index (χ1) is 9.18. The number of hydrogen-bond acceptors (Lipinski definition) is 4.